The fraction of sp³-hybridized carbons (Fsp3) is 0.545. The largest absolute Gasteiger partial charge is 0.377 e. The average Bonchev–Trinajstić information content (AvgIpc) is 2.60. The van der Waals surface area contributed by atoms with Crippen LogP contribution < -0.4 is 0 Å². The molecule has 0 unspecified atom stereocenters. The van der Waals surface area contributed by atoms with Gasteiger partial charge >= 0.3 is 0 Å². The van der Waals surface area contributed by atoms with Gasteiger partial charge in [0.2, 0.25) is 0 Å². The van der Waals surface area contributed by atoms with Gasteiger partial charge in [-0.15, -0.1) is 0 Å². The fourth-order valence-corrected chi connectivity index (χ4v) is 1.86. The van der Waals surface area contributed by atoms with Gasteiger partial charge in [-0.05, 0) is 6.42 Å². The molecule has 3 heterocycles. The van der Waals surface area contributed by atoms with E-state index in [2.05, 4.69) is 22.0 Å². The van der Waals surface area contributed by atoms with Gasteiger partial charge in [0.1, 0.15) is 11.6 Å². The molecular weight excluding hydrogens is 204 g/mol. The van der Waals surface area contributed by atoms with E-state index in [0.29, 0.717) is 6.04 Å². The van der Waals surface area contributed by atoms with Gasteiger partial charge in [-0.3, -0.25) is 0 Å². The van der Waals surface area contributed by atoms with Crippen molar-refractivity contribution < 1.29 is 4.74 Å². The van der Waals surface area contributed by atoms with Gasteiger partial charge in [-0.1, -0.05) is 13.3 Å². The molecular formula is C11H14N4O. The van der Waals surface area contributed by atoms with Crippen LogP contribution in [0.15, 0.2) is 12.4 Å². The Hall–Kier alpha value is -1.49. The van der Waals surface area contributed by atoms with E-state index in [1.807, 2.05) is 10.9 Å². The molecule has 5 nitrogen and oxygen atoms in total. The van der Waals surface area contributed by atoms with Gasteiger partial charge in [-0.25, -0.2) is 14.6 Å². The van der Waals surface area contributed by atoms with E-state index in [-0.39, 0.29) is 0 Å². The smallest absolute Gasteiger partial charge is 0.177 e. The zero-order chi connectivity index (χ0) is 11.0. The molecule has 5 heteroatoms. The summed E-state index contributed by atoms with van der Waals surface area (Å²) < 4.78 is 7.11. The minimum absolute atomic E-state index is 0.337. The Morgan fingerprint density at radius 3 is 3.00 bits per heavy atom. The van der Waals surface area contributed by atoms with Crippen LogP contribution in [-0.2, 0) is 11.2 Å². The normalized spacial score (nSPS) is 16.6. The molecule has 0 aromatic carbocycles. The van der Waals surface area contributed by atoms with Crippen molar-refractivity contribution in [3.8, 4) is 0 Å². The number of fused-ring (bicyclic) bond motifs is 1. The molecule has 2 aromatic heterocycles. The highest BCUT2D eigenvalue weighted by Gasteiger charge is 2.23. The Bertz CT molecular complexity index is 504. The molecule has 0 aliphatic carbocycles. The number of hydrogen-bond acceptors (Lipinski definition) is 4. The molecule has 3 rings (SSSR count). The predicted octanol–water partition coefficient (Wildman–Crippen LogP) is 1.35. The predicted molar refractivity (Wildman–Crippen MR) is 59.2 cm³/mol. The second kappa shape index (κ2) is 3.83. The maximum absolute atomic E-state index is 5.18. The highest BCUT2D eigenvalue weighted by Crippen LogP contribution is 2.20. The lowest BCUT2D eigenvalue weighted by molar-refractivity contribution is -0.0269. The average molecular weight is 218 g/mol. The highest BCUT2D eigenvalue weighted by molar-refractivity contribution is 5.69. The van der Waals surface area contributed by atoms with Crippen molar-refractivity contribution in [2.24, 2.45) is 0 Å². The highest BCUT2D eigenvalue weighted by atomic mass is 16.5. The first-order valence-electron chi connectivity index (χ1n) is 5.65. The van der Waals surface area contributed by atoms with Crippen molar-refractivity contribution in [2.75, 3.05) is 13.2 Å². The Morgan fingerprint density at radius 1 is 1.44 bits per heavy atom. The molecule has 2 aromatic rings. The van der Waals surface area contributed by atoms with Crippen LogP contribution in [0.1, 0.15) is 25.1 Å². The van der Waals surface area contributed by atoms with Crippen molar-refractivity contribution in [3.63, 3.8) is 0 Å². The molecule has 1 fully saturated rings. The molecule has 1 aliphatic rings. The van der Waals surface area contributed by atoms with Crippen LogP contribution in [0.5, 0.6) is 0 Å². The summed E-state index contributed by atoms with van der Waals surface area (Å²) in [6, 6.07) is 0.337. The van der Waals surface area contributed by atoms with Crippen LogP contribution in [0.4, 0.5) is 0 Å². The fourth-order valence-electron chi connectivity index (χ4n) is 1.86. The van der Waals surface area contributed by atoms with E-state index in [1.54, 1.807) is 6.20 Å². The van der Waals surface area contributed by atoms with Crippen LogP contribution in [-0.4, -0.2) is 33.0 Å². The van der Waals surface area contributed by atoms with Gasteiger partial charge in [0.05, 0.1) is 25.1 Å². The molecule has 84 valence electrons. The van der Waals surface area contributed by atoms with Crippen molar-refractivity contribution in [2.45, 2.75) is 25.8 Å². The summed E-state index contributed by atoms with van der Waals surface area (Å²) in [5.74, 6) is 0. The first-order chi connectivity index (χ1) is 7.88. The maximum atomic E-state index is 5.18. The molecule has 0 bridgehead atoms. The summed E-state index contributed by atoms with van der Waals surface area (Å²) >= 11 is 0. The number of nitrogens with zero attached hydrogens (tertiary/aromatic N) is 4. The SMILES string of the molecule is CCCc1cnc2cnn(C3COC3)c2n1. The minimum Gasteiger partial charge on any atom is -0.377 e. The van der Waals surface area contributed by atoms with E-state index in [9.17, 15) is 0 Å². The molecule has 0 amide bonds. The molecule has 1 saturated heterocycles. The van der Waals surface area contributed by atoms with E-state index in [1.165, 1.54) is 0 Å². The molecule has 16 heavy (non-hydrogen) atoms. The zero-order valence-electron chi connectivity index (χ0n) is 9.26. The second-order valence-corrected chi connectivity index (χ2v) is 4.10. The van der Waals surface area contributed by atoms with Crippen LogP contribution in [0, 0.1) is 0 Å². The lowest BCUT2D eigenvalue weighted by Gasteiger charge is -2.26. The van der Waals surface area contributed by atoms with E-state index >= 15 is 0 Å². The molecule has 0 radical (unpaired) electrons. The van der Waals surface area contributed by atoms with Crippen LogP contribution in [0.3, 0.4) is 0 Å². The molecule has 0 atom stereocenters. The number of rotatable bonds is 3. The van der Waals surface area contributed by atoms with Gasteiger partial charge in [-0.2, -0.15) is 5.10 Å². The number of aryl methyl sites for hydroxylation is 1. The Morgan fingerprint density at radius 2 is 2.31 bits per heavy atom. The quantitative estimate of drug-likeness (QED) is 0.780. The summed E-state index contributed by atoms with van der Waals surface area (Å²) in [5.41, 5.74) is 2.79. The van der Waals surface area contributed by atoms with Crippen LogP contribution in [0.25, 0.3) is 11.2 Å². The molecule has 0 N–H and O–H groups in total. The van der Waals surface area contributed by atoms with Crippen molar-refractivity contribution in [3.05, 3.63) is 18.1 Å². The summed E-state index contributed by atoms with van der Waals surface area (Å²) in [6.45, 7) is 3.61. The third-order valence-corrected chi connectivity index (χ3v) is 2.83. The Balaban J connectivity index is 2.04. The molecule has 1 aliphatic heterocycles. The van der Waals surface area contributed by atoms with Crippen LogP contribution >= 0.6 is 0 Å². The van der Waals surface area contributed by atoms with E-state index < -0.39 is 0 Å². The van der Waals surface area contributed by atoms with Gasteiger partial charge < -0.3 is 4.74 Å². The van der Waals surface area contributed by atoms with Crippen molar-refractivity contribution >= 4 is 11.2 Å². The Kier molecular flexibility index (Phi) is 2.32. The summed E-state index contributed by atoms with van der Waals surface area (Å²) in [4.78, 5) is 8.98. The standard InChI is InChI=1S/C11H14N4O/c1-2-3-8-4-12-10-5-13-15(11(10)14-8)9-6-16-7-9/h4-5,9H,2-3,6-7H2,1H3. The summed E-state index contributed by atoms with van der Waals surface area (Å²) in [6.07, 6.45) is 5.67. The minimum atomic E-state index is 0.337. The topological polar surface area (TPSA) is 52.8 Å². The third kappa shape index (κ3) is 1.48. The first-order valence-corrected chi connectivity index (χ1v) is 5.65. The van der Waals surface area contributed by atoms with E-state index in [4.69, 9.17) is 4.74 Å². The number of aromatic nitrogens is 4. The molecule has 0 saturated carbocycles. The zero-order valence-corrected chi connectivity index (χ0v) is 9.26. The number of hydrogen-bond donors (Lipinski definition) is 0. The van der Waals surface area contributed by atoms with Gasteiger partial charge in [0, 0.05) is 6.20 Å². The summed E-state index contributed by atoms with van der Waals surface area (Å²) in [7, 11) is 0. The van der Waals surface area contributed by atoms with Gasteiger partial charge in [0.15, 0.2) is 5.65 Å². The third-order valence-electron chi connectivity index (χ3n) is 2.83. The Labute approximate surface area is 93.5 Å². The van der Waals surface area contributed by atoms with Gasteiger partial charge in [0.25, 0.3) is 0 Å². The molecule has 0 spiro atoms. The summed E-state index contributed by atoms with van der Waals surface area (Å²) in [5, 5.41) is 4.33. The van der Waals surface area contributed by atoms with E-state index in [0.717, 1.165) is 42.9 Å². The second-order valence-electron chi connectivity index (χ2n) is 4.10. The lowest BCUT2D eigenvalue weighted by atomic mass is 10.2. The monoisotopic (exact) mass is 218 g/mol. The maximum Gasteiger partial charge on any atom is 0.177 e. The van der Waals surface area contributed by atoms with Crippen molar-refractivity contribution in [1.82, 2.24) is 19.7 Å². The lowest BCUT2D eigenvalue weighted by Crippen LogP contribution is -2.31. The first kappa shape index (κ1) is 9.72. The van der Waals surface area contributed by atoms with Crippen molar-refractivity contribution in [1.29, 1.82) is 0 Å². The van der Waals surface area contributed by atoms with Crippen LogP contribution in [0.2, 0.25) is 0 Å². The number of ether oxygens (including phenoxy) is 1.